The van der Waals surface area contributed by atoms with E-state index in [9.17, 15) is 4.79 Å². The molecular weight excluding hydrogens is 308 g/mol. The van der Waals surface area contributed by atoms with Gasteiger partial charge in [-0.25, -0.2) is 0 Å². The number of rotatable bonds is 2. The predicted molar refractivity (Wildman–Crippen MR) is 80.2 cm³/mol. The third-order valence-electron chi connectivity index (χ3n) is 3.55. The number of carbonyl (C=O) groups is 1. The summed E-state index contributed by atoms with van der Waals surface area (Å²) >= 11 is 3.57. The summed E-state index contributed by atoms with van der Waals surface area (Å²) in [5.74, 6) is -0.156. The lowest BCUT2D eigenvalue weighted by atomic mass is 9.97. The van der Waals surface area contributed by atoms with Crippen molar-refractivity contribution in [2.24, 2.45) is 5.92 Å². The number of piperidine rings is 1. The van der Waals surface area contributed by atoms with Gasteiger partial charge >= 0.3 is 5.97 Å². The molecule has 0 saturated carbocycles. The van der Waals surface area contributed by atoms with E-state index in [1.54, 1.807) is 0 Å². The summed E-state index contributed by atoms with van der Waals surface area (Å²) in [6, 6.07) is 3.87. The first kappa shape index (κ1) is 14.2. The van der Waals surface area contributed by atoms with Crippen molar-refractivity contribution in [3.63, 3.8) is 0 Å². The van der Waals surface area contributed by atoms with Crippen molar-refractivity contribution in [2.45, 2.75) is 19.8 Å². The van der Waals surface area contributed by atoms with Crippen molar-refractivity contribution < 1.29 is 9.53 Å². The average molecular weight is 327 g/mol. The van der Waals surface area contributed by atoms with Gasteiger partial charge in [-0.15, -0.1) is 0 Å². The minimum atomic E-state index is -0.117. The van der Waals surface area contributed by atoms with Crippen LogP contribution >= 0.6 is 15.9 Å². The van der Waals surface area contributed by atoms with Crippen LogP contribution in [0.4, 0.5) is 11.4 Å². The van der Waals surface area contributed by atoms with Gasteiger partial charge in [0, 0.05) is 23.2 Å². The van der Waals surface area contributed by atoms with E-state index in [4.69, 9.17) is 10.5 Å². The third kappa shape index (κ3) is 3.03. The standard InChI is InChI=1S/C14H19BrN2O2/c1-9-6-11(16)7-12(15)13(9)17-5-3-4-10(8-17)14(18)19-2/h6-7,10H,3-5,8,16H2,1-2H3. The Bertz CT molecular complexity index is 467. The van der Waals surface area contributed by atoms with E-state index >= 15 is 0 Å². The number of hydrogen-bond donors (Lipinski definition) is 1. The number of nitrogen functional groups attached to an aromatic ring is 1. The Morgan fingerprint density at radius 3 is 2.89 bits per heavy atom. The molecule has 0 bridgehead atoms. The fourth-order valence-electron chi connectivity index (χ4n) is 2.70. The average Bonchev–Trinajstić information content (AvgIpc) is 2.37. The van der Waals surface area contributed by atoms with Crippen LogP contribution in [0.2, 0.25) is 0 Å². The number of halogens is 1. The van der Waals surface area contributed by atoms with Gasteiger partial charge in [-0.2, -0.15) is 0 Å². The second-order valence-electron chi connectivity index (χ2n) is 4.98. The lowest BCUT2D eigenvalue weighted by molar-refractivity contribution is -0.145. The van der Waals surface area contributed by atoms with Gasteiger partial charge in [0.15, 0.2) is 0 Å². The zero-order valence-electron chi connectivity index (χ0n) is 11.3. The van der Waals surface area contributed by atoms with Gasteiger partial charge in [-0.05, 0) is 53.4 Å². The Balaban J connectivity index is 2.25. The first-order valence-electron chi connectivity index (χ1n) is 6.41. The van der Waals surface area contributed by atoms with Crippen LogP contribution in [0.5, 0.6) is 0 Å². The number of carbonyl (C=O) groups excluding carboxylic acids is 1. The second kappa shape index (κ2) is 5.82. The largest absolute Gasteiger partial charge is 0.469 e. The highest BCUT2D eigenvalue weighted by Crippen LogP contribution is 2.35. The number of nitrogens with two attached hydrogens (primary N) is 1. The highest BCUT2D eigenvalue weighted by molar-refractivity contribution is 9.10. The molecule has 1 aliphatic rings. The summed E-state index contributed by atoms with van der Waals surface area (Å²) in [7, 11) is 1.45. The van der Waals surface area contributed by atoms with E-state index in [0.29, 0.717) is 6.54 Å². The van der Waals surface area contributed by atoms with Crippen molar-refractivity contribution >= 4 is 33.3 Å². The zero-order valence-corrected chi connectivity index (χ0v) is 12.9. The molecule has 2 N–H and O–H groups in total. The SMILES string of the molecule is COC(=O)C1CCCN(c2c(C)cc(N)cc2Br)C1. The summed E-state index contributed by atoms with van der Waals surface area (Å²) < 4.78 is 5.84. The topological polar surface area (TPSA) is 55.6 Å². The number of benzene rings is 1. The molecule has 5 heteroatoms. The first-order valence-corrected chi connectivity index (χ1v) is 7.20. The third-order valence-corrected chi connectivity index (χ3v) is 4.15. The minimum Gasteiger partial charge on any atom is -0.469 e. The summed E-state index contributed by atoms with van der Waals surface area (Å²) in [6.07, 6.45) is 1.89. The van der Waals surface area contributed by atoms with Crippen LogP contribution in [0.3, 0.4) is 0 Å². The number of nitrogens with zero attached hydrogens (tertiary/aromatic N) is 1. The molecular formula is C14H19BrN2O2. The van der Waals surface area contributed by atoms with E-state index in [1.807, 2.05) is 19.1 Å². The van der Waals surface area contributed by atoms with Crippen LogP contribution in [0, 0.1) is 12.8 Å². The molecule has 0 radical (unpaired) electrons. The highest BCUT2D eigenvalue weighted by atomic mass is 79.9. The normalized spacial score (nSPS) is 19.3. The van der Waals surface area contributed by atoms with Crippen LogP contribution < -0.4 is 10.6 Å². The molecule has 4 nitrogen and oxygen atoms in total. The predicted octanol–water partition coefficient (Wildman–Crippen LogP) is 2.73. The van der Waals surface area contributed by atoms with E-state index in [1.165, 1.54) is 7.11 Å². The van der Waals surface area contributed by atoms with Crippen molar-refractivity contribution in [3.8, 4) is 0 Å². The number of aryl methyl sites for hydroxylation is 1. The molecule has 104 valence electrons. The highest BCUT2D eigenvalue weighted by Gasteiger charge is 2.28. The fraction of sp³-hybridized carbons (Fsp3) is 0.500. The minimum absolute atomic E-state index is 0.0393. The maximum atomic E-state index is 11.7. The Kier molecular flexibility index (Phi) is 4.34. The molecule has 1 heterocycles. The van der Waals surface area contributed by atoms with E-state index in [2.05, 4.69) is 20.8 Å². The Labute approximate surface area is 122 Å². The quantitative estimate of drug-likeness (QED) is 0.670. The van der Waals surface area contributed by atoms with E-state index in [0.717, 1.165) is 40.8 Å². The van der Waals surface area contributed by atoms with Gasteiger partial charge in [0.1, 0.15) is 0 Å². The number of methoxy groups -OCH3 is 1. The molecule has 1 fully saturated rings. The van der Waals surface area contributed by atoms with Gasteiger partial charge in [0.25, 0.3) is 0 Å². The monoisotopic (exact) mass is 326 g/mol. The van der Waals surface area contributed by atoms with Crippen LogP contribution in [0.15, 0.2) is 16.6 Å². The first-order chi connectivity index (χ1) is 9.02. The molecule has 0 aliphatic carbocycles. The molecule has 1 saturated heterocycles. The summed E-state index contributed by atoms with van der Waals surface area (Å²) in [6.45, 7) is 3.70. The number of ether oxygens (including phenoxy) is 1. The molecule has 2 rings (SSSR count). The van der Waals surface area contributed by atoms with Crippen molar-refractivity contribution in [3.05, 3.63) is 22.2 Å². The van der Waals surface area contributed by atoms with Gasteiger partial charge < -0.3 is 15.4 Å². The number of hydrogen-bond acceptors (Lipinski definition) is 4. The molecule has 0 spiro atoms. The molecule has 1 aromatic carbocycles. The molecule has 1 atom stereocenters. The molecule has 19 heavy (non-hydrogen) atoms. The van der Waals surface area contributed by atoms with Crippen LogP contribution in [-0.2, 0) is 9.53 Å². The molecule has 1 aliphatic heterocycles. The Morgan fingerprint density at radius 2 is 2.26 bits per heavy atom. The molecule has 0 aromatic heterocycles. The Morgan fingerprint density at radius 1 is 1.53 bits per heavy atom. The maximum absolute atomic E-state index is 11.7. The van der Waals surface area contributed by atoms with E-state index in [-0.39, 0.29) is 11.9 Å². The van der Waals surface area contributed by atoms with Gasteiger partial charge in [-0.3, -0.25) is 4.79 Å². The summed E-state index contributed by atoms with van der Waals surface area (Å²) in [5, 5.41) is 0. The van der Waals surface area contributed by atoms with Gasteiger partial charge in [0.05, 0.1) is 18.7 Å². The molecule has 1 unspecified atom stereocenters. The maximum Gasteiger partial charge on any atom is 0.310 e. The molecule has 1 aromatic rings. The van der Waals surface area contributed by atoms with Crippen molar-refractivity contribution in [1.82, 2.24) is 0 Å². The van der Waals surface area contributed by atoms with Gasteiger partial charge in [0.2, 0.25) is 0 Å². The summed E-state index contributed by atoms with van der Waals surface area (Å²) in [4.78, 5) is 13.9. The van der Waals surface area contributed by atoms with Crippen LogP contribution in [0.25, 0.3) is 0 Å². The van der Waals surface area contributed by atoms with E-state index < -0.39 is 0 Å². The van der Waals surface area contributed by atoms with Crippen LogP contribution in [-0.4, -0.2) is 26.2 Å². The lowest BCUT2D eigenvalue weighted by Crippen LogP contribution is -2.39. The number of esters is 1. The molecule has 0 amide bonds. The van der Waals surface area contributed by atoms with Crippen molar-refractivity contribution in [1.29, 1.82) is 0 Å². The second-order valence-corrected chi connectivity index (χ2v) is 5.83. The number of anilines is 2. The van der Waals surface area contributed by atoms with Crippen LogP contribution in [0.1, 0.15) is 18.4 Å². The summed E-state index contributed by atoms with van der Waals surface area (Å²) in [5.41, 5.74) is 8.83. The van der Waals surface area contributed by atoms with Crippen molar-refractivity contribution in [2.75, 3.05) is 30.8 Å². The lowest BCUT2D eigenvalue weighted by Gasteiger charge is -2.34. The fourth-order valence-corrected chi connectivity index (χ4v) is 3.53. The van der Waals surface area contributed by atoms with Gasteiger partial charge in [-0.1, -0.05) is 0 Å². The smallest absolute Gasteiger partial charge is 0.310 e. The Hall–Kier alpha value is -1.23. The zero-order chi connectivity index (χ0) is 14.0.